The molecule has 0 amide bonds. The molecule has 0 bridgehead atoms. The molecule has 0 heterocycles. The van der Waals surface area contributed by atoms with E-state index in [-0.39, 0.29) is 17.1 Å². The quantitative estimate of drug-likeness (QED) is 0.495. The first-order valence-corrected chi connectivity index (χ1v) is 7.32. The first-order chi connectivity index (χ1) is 9.15. The number of nitrogens with two attached hydrogens (primary N) is 1. The summed E-state index contributed by atoms with van der Waals surface area (Å²) in [6, 6.07) is 2.83. The van der Waals surface area contributed by atoms with Gasteiger partial charge in [0.25, 0.3) is 5.69 Å². The molecule has 8 nitrogen and oxygen atoms in total. The van der Waals surface area contributed by atoms with Gasteiger partial charge in [0.05, 0.1) is 15.9 Å². The van der Waals surface area contributed by atoms with Crippen molar-refractivity contribution in [2.24, 2.45) is 5.73 Å². The standard InChI is InChI=1S/C11H17N3O5S/c1-7-3-4-9(14(16)17)5-11(7)20(18,19)13-6-10(12)8(2)15/h3-5,8,10,13,15H,6,12H2,1-2H3. The van der Waals surface area contributed by atoms with Gasteiger partial charge in [-0.25, -0.2) is 13.1 Å². The van der Waals surface area contributed by atoms with Crippen molar-refractivity contribution < 1.29 is 18.4 Å². The Morgan fingerprint density at radius 3 is 2.60 bits per heavy atom. The monoisotopic (exact) mass is 303 g/mol. The molecule has 0 spiro atoms. The molecule has 112 valence electrons. The number of aliphatic hydroxyl groups is 1. The van der Waals surface area contributed by atoms with Gasteiger partial charge in [0, 0.05) is 24.7 Å². The lowest BCUT2D eigenvalue weighted by Crippen LogP contribution is -2.43. The van der Waals surface area contributed by atoms with Gasteiger partial charge in [0.2, 0.25) is 10.0 Å². The molecule has 0 aromatic heterocycles. The Morgan fingerprint density at radius 1 is 1.50 bits per heavy atom. The predicted molar refractivity (Wildman–Crippen MR) is 72.7 cm³/mol. The van der Waals surface area contributed by atoms with E-state index in [4.69, 9.17) is 5.73 Å². The first kappa shape index (κ1) is 16.5. The number of aryl methyl sites for hydroxylation is 1. The molecule has 0 fully saturated rings. The van der Waals surface area contributed by atoms with Crippen LogP contribution in [0.3, 0.4) is 0 Å². The van der Waals surface area contributed by atoms with E-state index in [2.05, 4.69) is 4.72 Å². The molecule has 4 N–H and O–H groups in total. The van der Waals surface area contributed by atoms with Crippen molar-refractivity contribution in [3.8, 4) is 0 Å². The number of nitrogens with one attached hydrogen (secondary N) is 1. The summed E-state index contributed by atoms with van der Waals surface area (Å²) < 4.78 is 26.4. The summed E-state index contributed by atoms with van der Waals surface area (Å²) in [5.74, 6) is 0. The van der Waals surface area contributed by atoms with Crippen LogP contribution >= 0.6 is 0 Å². The highest BCUT2D eigenvalue weighted by Gasteiger charge is 2.21. The largest absolute Gasteiger partial charge is 0.392 e. The normalized spacial score (nSPS) is 14.8. The van der Waals surface area contributed by atoms with Crippen molar-refractivity contribution in [3.63, 3.8) is 0 Å². The number of benzene rings is 1. The van der Waals surface area contributed by atoms with E-state index in [9.17, 15) is 23.6 Å². The molecular weight excluding hydrogens is 286 g/mol. The second-order valence-corrected chi connectivity index (χ2v) is 6.20. The Hall–Kier alpha value is -1.55. The van der Waals surface area contributed by atoms with Gasteiger partial charge in [-0.2, -0.15) is 0 Å². The minimum absolute atomic E-state index is 0.165. The van der Waals surface area contributed by atoms with Gasteiger partial charge in [-0.05, 0) is 19.4 Å². The number of sulfonamides is 1. The SMILES string of the molecule is Cc1ccc([N+](=O)[O-])cc1S(=O)(=O)NCC(N)C(C)O. The third-order valence-corrected chi connectivity index (χ3v) is 4.37. The number of hydrogen-bond donors (Lipinski definition) is 3. The van der Waals surface area contributed by atoms with Crippen LogP contribution in [0.4, 0.5) is 5.69 Å². The fourth-order valence-corrected chi connectivity index (χ4v) is 2.78. The van der Waals surface area contributed by atoms with Gasteiger partial charge in [-0.3, -0.25) is 10.1 Å². The average Bonchev–Trinajstić information content (AvgIpc) is 2.35. The van der Waals surface area contributed by atoms with Crippen molar-refractivity contribution in [1.82, 2.24) is 4.72 Å². The Kier molecular flexibility index (Phi) is 5.17. The maximum absolute atomic E-state index is 12.1. The zero-order chi connectivity index (χ0) is 15.5. The summed E-state index contributed by atoms with van der Waals surface area (Å²) in [7, 11) is -3.92. The maximum Gasteiger partial charge on any atom is 0.270 e. The number of nitro benzene ring substituents is 1. The second-order valence-electron chi connectivity index (χ2n) is 4.46. The van der Waals surface area contributed by atoms with Crippen LogP contribution in [0, 0.1) is 17.0 Å². The molecule has 2 atom stereocenters. The van der Waals surface area contributed by atoms with Crippen LogP contribution in [0.1, 0.15) is 12.5 Å². The minimum Gasteiger partial charge on any atom is -0.392 e. The molecule has 1 aromatic carbocycles. The highest BCUT2D eigenvalue weighted by atomic mass is 32.2. The summed E-state index contributed by atoms with van der Waals surface area (Å²) >= 11 is 0. The minimum atomic E-state index is -3.92. The number of non-ortho nitro benzene ring substituents is 1. The molecule has 20 heavy (non-hydrogen) atoms. The van der Waals surface area contributed by atoms with E-state index in [1.54, 1.807) is 0 Å². The lowest BCUT2D eigenvalue weighted by Gasteiger charge is -2.16. The van der Waals surface area contributed by atoms with Crippen molar-refractivity contribution in [2.75, 3.05) is 6.54 Å². The molecule has 1 rings (SSSR count). The predicted octanol–water partition coefficient (Wildman–Crippen LogP) is -0.110. The van der Waals surface area contributed by atoms with E-state index in [1.165, 1.54) is 26.0 Å². The molecule has 0 radical (unpaired) electrons. The molecule has 0 aliphatic rings. The molecule has 0 saturated carbocycles. The van der Waals surface area contributed by atoms with Crippen molar-refractivity contribution >= 4 is 15.7 Å². The second kappa shape index (κ2) is 6.27. The summed E-state index contributed by atoms with van der Waals surface area (Å²) in [4.78, 5) is 9.84. The number of nitrogens with zero attached hydrogens (tertiary/aromatic N) is 1. The van der Waals surface area contributed by atoms with Crippen LogP contribution in [0.25, 0.3) is 0 Å². The zero-order valence-corrected chi connectivity index (χ0v) is 11.9. The molecular formula is C11H17N3O5S. The fourth-order valence-electron chi connectivity index (χ4n) is 1.45. The first-order valence-electron chi connectivity index (χ1n) is 5.83. The third-order valence-electron chi connectivity index (χ3n) is 2.80. The van der Waals surface area contributed by atoms with E-state index < -0.39 is 27.1 Å². The maximum atomic E-state index is 12.1. The smallest absolute Gasteiger partial charge is 0.270 e. The van der Waals surface area contributed by atoms with E-state index in [1.807, 2.05) is 0 Å². The van der Waals surface area contributed by atoms with Crippen LogP contribution in [-0.2, 0) is 10.0 Å². The Morgan fingerprint density at radius 2 is 2.10 bits per heavy atom. The van der Waals surface area contributed by atoms with Gasteiger partial charge in [-0.15, -0.1) is 0 Å². The molecule has 0 aliphatic heterocycles. The number of nitro groups is 1. The van der Waals surface area contributed by atoms with E-state index in [0.29, 0.717) is 5.56 Å². The van der Waals surface area contributed by atoms with Crippen LogP contribution < -0.4 is 10.5 Å². The highest BCUT2D eigenvalue weighted by molar-refractivity contribution is 7.89. The Labute approximate surface area is 116 Å². The van der Waals surface area contributed by atoms with Gasteiger partial charge in [-0.1, -0.05) is 6.07 Å². The summed E-state index contributed by atoms with van der Waals surface area (Å²) in [6.07, 6.45) is -0.871. The molecule has 0 saturated heterocycles. The summed E-state index contributed by atoms with van der Waals surface area (Å²) in [5.41, 5.74) is 5.61. The van der Waals surface area contributed by atoms with E-state index in [0.717, 1.165) is 6.07 Å². The van der Waals surface area contributed by atoms with Crippen molar-refractivity contribution in [1.29, 1.82) is 0 Å². The average molecular weight is 303 g/mol. The zero-order valence-electron chi connectivity index (χ0n) is 11.1. The van der Waals surface area contributed by atoms with Crippen LogP contribution in [-0.4, -0.2) is 37.1 Å². The van der Waals surface area contributed by atoms with Crippen molar-refractivity contribution in [2.45, 2.75) is 30.9 Å². The fraction of sp³-hybridized carbons (Fsp3) is 0.455. The highest BCUT2D eigenvalue weighted by Crippen LogP contribution is 2.21. The number of aliphatic hydroxyl groups excluding tert-OH is 1. The van der Waals surface area contributed by atoms with Gasteiger partial charge in [0.15, 0.2) is 0 Å². The lowest BCUT2D eigenvalue weighted by atomic mass is 10.2. The molecule has 9 heteroatoms. The van der Waals surface area contributed by atoms with Gasteiger partial charge < -0.3 is 10.8 Å². The van der Waals surface area contributed by atoms with Crippen LogP contribution in [0.5, 0.6) is 0 Å². The molecule has 2 unspecified atom stereocenters. The molecule has 0 aliphatic carbocycles. The van der Waals surface area contributed by atoms with Crippen LogP contribution in [0.2, 0.25) is 0 Å². The lowest BCUT2D eigenvalue weighted by molar-refractivity contribution is -0.385. The van der Waals surface area contributed by atoms with Crippen molar-refractivity contribution in [3.05, 3.63) is 33.9 Å². The summed E-state index contributed by atoms with van der Waals surface area (Å²) in [5, 5.41) is 19.9. The van der Waals surface area contributed by atoms with Gasteiger partial charge in [0.1, 0.15) is 0 Å². The Bertz CT molecular complexity index is 600. The molecule has 1 aromatic rings. The number of rotatable bonds is 6. The Balaban J connectivity index is 3.03. The number of hydrogen-bond acceptors (Lipinski definition) is 6. The van der Waals surface area contributed by atoms with Crippen LogP contribution in [0.15, 0.2) is 23.1 Å². The van der Waals surface area contributed by atoms with Gasteiger partial charge >= 0.3 is 0 Å². The third kappa shape index (κ3) is 3.97. The topological polar surface area (TPSA) is 136 Å². The summed E-state index contributed by atoms with van der Waals surface area (Å²) in [6.45, 7) is 2.81. The van der Waals surface area contributed by atoms with E-state index >= 15 is 0 Å².